The molecule has 0 saturated heterocycles. The Balaban J connectivity index is 1.70. The summed E-state index contributed by atoms with van der Waals surface area (Å²) >= 11 is 0. The van der Waals surface area contributed by atoms with Crippen molar-refractivity contribution in [1.82, 2.24) is 20.0 Å². The van der Waals surface area contributed by atoms with Crippen LogP contribution in [0.3, 0.4) is 0 Å². The maximum atomic E-state index is 12.2. The van der Waals surface area contributed by atoms with Crippen LogP contribution < -0.4 is 5.32 Å². The van der Waals surface area contributed by atoms with Gasteiger partial charge in [0.2, 0.25) is 5.91 Å². The lowest BCUT2D eigenvalue weighted by Crippen LogP contribution is -2.42. The van der Waals surface area contributed by atoms with Gasteiger partial charge in [0.1, 0.15) is 0 Å². The highest BCUT2D eigenvalue weighted by atomic mass is 16.2. The molecule has 1 fully saturated rings. The summed E-state index contributed by atoms with van der Waals surface area (Å²) in [7, 11) is 0. The molecule has 0 atom stereocenters. The van der Waals surface area contributed by atoms with Gasteiger partial charge >= 0.3 is 0 Å². The average molecular weight is 292 g/mol. The van der Waals surface area contributed by atoms with Crippen molar-refractivity contribution in [1.29, 1.82) is 0 Å². The molecule has 0 spiro atoms. The molecule has 1 aromatic heterocycles. The number of hydrogen-bond donors (Lipinski definition) is 1. The molecular formula is C16H28N4O. The normalized spacial score (nSPS) is 16.9. The molecule has 2 rings (SSSR count). The molecule has 0 bridgehead atoms. The van der Waals surface area contributed by atoms with Gasteiger partial charge in [0, 0.05) is 25.0 Å². The predicted molar refractivity (Wildman–Crippen MR) is 84.0 cm³/mol. The van der Waals surface area contributed by atoms with E-state index in [0.29, 0.717) is 12.6 Å². The zero-order valence-corrected chi connectivity index (χ0v) is 13.1. The monoisotopic (exact) mass is 292 g/mol. The predicted octanol–water partition coefficient (Wildman–Crippen LogP) is 2.04. The summed E-state index contributed by atoms with van der Waals surface area (Å²) < 4.78 is 1.91. The summed E-state index contributed by atoms with van der Waals surface area (Å²) in [6, 6.07) is 2.32. The van der Waals surface area contributed by atoms with Crippen LogP contribution in [0.2, 0.25) is 0 Å². The van der Waals surface area contributed by atoms with E-state index in [1.54, 1.807) is 6.20 Å². The lowest BCUT2D eigenvalue weighted by molar-refractivity contribution is -0.123. The lowest BCUT2D eigenvalue weighted by Gasteiger charge is -2.22. The molecule has 0 radical (unpaired) electrons. The Morgan fingerprint density at radius 2 is 2.10 bits per heavy atom. The average Bonchev–Trinajstić information content (AvgIpc) is 2.87. The fourth-order valence-corrected chi connectivity index (χ4v) is 2.93. The minimum absolute atomic E-state index is 0.171. The van der Waals surface area contributed by atoms with Crippen LogP contribution in [0.25, 0.3) is 0 Å². The van der Waals surface area contributed by atoms with Gasteiger partial charge in [-0.05, 0) is 25.5 Å². The zero-order chi connectivity index (χ0) is 14.9. The SMILES string of the molecule is CCN(CCn1cccn1)CC(=O)NC1CCCCCC1. The Morgan fingerprint density at radius 1 is 1.33 bits per heavy atom. The van der Waals surface area contributed by atoms with E-state index in [0.717, 1.165) is 32.5 Å². The Morgan fingerprint density at radius 3 is 2.71 bits per heavy atom. The molecule has 5 nitrogen and oxygen atoms in total. The van der Waals surface area contributed by atoms with Gasteiger partial charge in [-0.3, -0.25) is 14.4 Å². The van der Waals surface area contributed by atoms with Crippen LogP contribution in [0, 0.1) is 0 Å². The molecule has 5 heteroatoms. The topological polar surface area (TPSA) is 50.2 Å². The number of carbonyl (C=O) groups is 1. The van der Waals surface area contributed by atoms with Crippen LogP contribution in [-0.2, 0) is 11.3 Å². The van der Waals surface area contributed by atoms with Crippen LogP contribution in [-0.4, -0.2) is 46.3 Å². The summed E-state index contributed by atoms with van der Waals surface area (Å²) in [6.07, 6.45) is 11.2. The molecule has 118 valence electrons. The van der Waals surface area contributed by atoms with Gasteiger partial charge in [0.15, 0.2) is 0 Å². The van der Waals surface area contributed by atoms with Crippen molar-refractivity contribution in [2.45, 2.75) is 58.0 Å². The fraction of sp³-hybridized carbons (Fsp3) is 0.750. The number of rotatable bonds is 7. The summed E-state index contributed by atoms with van der Waals surface area (Å²) in [5.41, 5.74) is 0. The molecule has 1 aliphatic carbocycles. The van der Waals surface area contributed by atoms with Crippen molar-refractivity contribution in [3.05, 3.63) is 18.5 Å². The number of aromatic nitrogens is 2. The van der Waals surface area contributed by atoms with Gasteiger partial charge in [-0.15, -0.1) is 0 Å². The number of hydrogen-bond acceptors (Lipinski definition) is 3. The highest BCUT2D eigenvalue weighted by Gasteiger charge is 2.16. The van der Waals surface area contributed by atoms with Gasteiger partial charge in [0.25, 0.3) is 0 Å². The fourth-order valence-electron chi connectivity index (χ4n) is 2.93. The van der Waals surface area contributed by atoms with Crippen LogP contribution in [0.15, 0.2) is 18.5 Å². The van der Waals surface area contributed by atoms with E-state index in [2.05, 4.69) is 22.2 Å². The van der Waals surface area contributed by atoms with Crippen molar-refractivity contribution in [2.24, 2.45) is 0 Å². The van der Waals surface area contributed by atoms with Crippen LogP contribution >= 0.6 is 0 Å². The number of amides is 1. The van der Waals surface area contributed by atoms with Crippen molar-refractivity contribution >= 4 is 5.91 Å². The van der Waals surface area contributed by atoms with Gasteiger partial charge in [0.05, 0.1) is 13.1 Å². The summed E-state index contributed by atoms with van der Waals surface area (Å²) in [5.74, 6) is 0.171. The summed E-state index contributed by atoms with van der Waals surface area (Å²) in [5, 5.41) is 7.41. The lowest BCUT2D eigenvalue weighted by atomic mass is 10.1. The Hall–Kier alpha value is -1.36. The summed E-state index contributed by atoms with van der Waals surface area (Å²) in [4.78, 5) is 14.4. The molecule has 0 unspecified atom stereocenters. The number of carbonyl (C=O) groups excluding carboxylic acids is 1. The molecule has 21 heavy (non-hydrogen) atoms. The number of nitrogens with one attached hydrogen (secondary N) is 1. The maximum absolute atomic E-state index is 12.2. The van der Waals surface area contributed by atoms with Gasteiger partial charge in [-0.25, -0.2) is 0 Å². The van der Waals surface area contributed by atoms with Crippen LogP contribution in [0.5, 0.6) is 0 Å². The first-order valence-corrected chi connectivity index (χ1v) is 8.27. The molecular weight excluding hydrogens is 264 g/mol. The molecule has 1 aliphatic rings. The Bertz CT molecular complexity index is 396. The smallest absolute Gasteiger partial charge is 0.234 e. The molecule has 1 N–H and O–H groups in total. The second-order valence-corrected chi connectivity index (χ2v) is 5.89. The summed E-state index contributed by atoms with van der Waals surface area (Å²) in [6.45, 7) is 5.17. The second-order valence-electron chi connectivity index (χ2n) is 5.89. The van der Waals surface area contributed by atoms with Gasteiger partial charge < -0.3 is 5.32 Å². The van der Waals surface area contributed by atoms with Gasteiger partial charge in [-0.2, -0.15) is 5.10 Å². The molecule has 1 aromatic rings. The van der Waals surface area contributed by atoms with E-state index < -0.39 is 0 Å². The molecule has 1 saturated carbocycles. The Labute approximate surface area is 127 Å². The zero-order valence-electron chi connectivity index (χ0n) is 13.1. The van der Waals surface area contributed by atoms with E-state index in [4.69, 9.17) is 0 Å². The van der Waals surface area contributed by atoms with E-state index in [-0.39, 0.29) is 5.91 Å². The third kappa shape index (κ3) is 5.87. The quantitative estimate of drug-likeness (QED) is 0.783. The standard InChI is InChI=1S/C16H28N4O/c1-2-19(12-13-20-11-7-10-17-20)14-16(21)18-15-8-5-3-4-6-9-15/h7,10-11,15H,2-6,8-9,12-14H2,1H3,(H,18,21). The van der Waals surface area contributed by atoms with E-state index in [1.165, 1.54) is 25.7 Å². The highest BCUT2D eigenvalue weighted by Crippen LogP contribution is 2.17. The Kier molecular flexibility index (Phi) is 6.73. The highest BCUT2D eigenvalue weighted by molar-refractivity contribution is 5.78. The molecule has 1 amide bonds. The minimum Gasteiger partial charge on any atom is -0.352 e. The molecule has 0 aliphatic heterocycles. The van der Waals surface area contributed by atoms with E-state index >= 15 is 0 Å². The number of nitrogens with zero attached hydrogens (tertiary/aromatic N) is 3. The number of likely N-dealkylation sites (N-methyl/N-ethyl adjacent to an activating group) is 1. The first-order chi connectivity index (χ1) is 10.3. The van der Waals surface area contributed by atoms with Gasteiger partial charge in [-0.1, -0.05) is 32.6 Å². The first kappa shape index (κ1) is 16.0. The largest absolute Gasteiger partial charge is 0.352 e. The van der Waals surface area contributed by atoms with Crippen LogP contribution in [0.4, 0.5) is 0 Å². The van der Waals surface area contributed by atoms with E-state index in [1.807, 2.05) is 16.9 Å². The van der Waals surface area contributed by atoms with Crippen LogP contribution in [0.1, 0.15) is 45.4 Å². The minimum atomic E-state index is 0.171. The van der Waals surface area contributed by atoms with Crippen molar-refractivity contribution in [3.8, 4) is 0 Å². The second kappa shape index (κ2) is 8.82. The molecule has 0 aromatic carbocycles. The van der Waals surface area contributed by atoms with Crippen molar-refractivity contribution < 1.29 is 4.79 Å². The third-order valence-electron chi connectivity index (χ3n) is 4.24. The maximum Gasteiger partial charge on any atom is 0.234 e. The van der Waals surface area contributed by atoms with Crippen molar-refractivity contribution in [2.75, 3.05) is 19.6 Å². The molecule has 1 heterocycles. The van der Waals surface area contributed by atoms with E-state index in [9.17, 15) is 4.79 Å². The van der Waals surface area contributed by atoms with Crippen molar-refractivity contribution in [3.63, 3.8) is 0 Å². The first-order valence-electron chi connectivity index (χ1n) is 8.27. The third-order valence-corrected chi connectivity index (χ3v) is 4.24.